The van der Waals surface area contributed by atoms with Crippen molar-refractivity contribution in [2.24, 2.45) is 5.92 Å². The second-order valence-corrected chi connectivity index (χ2v) is 9.23. The molecule has 29 heavy (non-hydrogen) atoms. The normalized spacial score (nSPS) is 27.5. The first-order valence-corrected chi connectivity index (χ1v) is 10.9. The summed E-state index contributed by atoms with van der Waals surface area (Å²) in [7, 11) is 0. The summed E-state index contributed by atoms with van der Waals surface area (Å²) in [5.74, 6) is 3.42. The van der Waals surface area contributed by atoms with Gasteiger partial charge in [0.2, 0.25) is 0 Å². The zero-order chi connectivity index (χ0) is 19.5. The molecule has 3 aliphatic rings. The highest BCUT2D eigenvalue weighted by Crippen LogP contribution is 2.58. The molecule has 148 valence electrons. The number of aromatic nitrogens is 2. The average molecular weight is 386 g/mol. The van der Waals surface area contributed by atoms with E-state index in [-0.39, 0.29) is 0 Å². The van der Waals surface area contributed by atoms with Crippen molar-refractivity contribution in [2.75, 3.05) is 6.54 Å². The quantitative estimate of drug-likeness (QED) is 0.559. The van der Waals surface area contributed by atoms with Gasteiger partial charge in [-0.25, -0.2) is 4.98 Å². The number of nitrogens with one attached hydrogen (secondary N) is 2. The highest BCUT2D eigenvalue weighted by molar-refractivity contribution is 5.75. The Morgan fingerprint density at radius 1 is 0.931 bits per heavy atom. The van der Waals surface area contributed by atoms with Gasteiger partial charge in [0.15, 0.2) is 0 Å². The molecule has 2 unspecified atom stereocenters. The number of H-pyrrole nitrogens is 1. The predicted molar refractivity (Wildman–Crippen MR) is 115 cm³/mol. The third-order valence-electron chi connectivity index (χ3n) is 7.30. The fourth-order valence-corrected chi connectivity index (χ4v) is 5.86. The third kappa shape index (κ3) is 2.73. The van der Waals surface area contributed by atoms with E-state index in [1.54, 1.807) is 0 Å². The monoisotopic (exact) mass is 385 g/mol. The van der Waals surface area contributed by atoms with Gasteiger partial charge in [0.1, 0.15) is 11.6 Å². The van der Waals surface area contributed by atoms with Crippen molar-refractivity contribution in [1.29, 1.82) is 0 Å². The number of nitrogens with zero attached hydrogens (tertiary/aromatic N) is 1. The summed E-state index contributed by atoms with van der Waals surface area (Å²) in [5.41, 5.74) is 7.39. The van der Waals surface area contributed by atoms with E-state index in [9.17, 15) is 5.11 Å². The van der Waals surface area contributed by atoms with Crippen LogP contribution in [-0.2, 0) is 0 Å². The van der Waals surface area contributed by atoms with Crippen molar-refractivity contribution in [2.45, 2.75) is 50.5 Å². The van der Waals surface area contributed by atoms with Crippen LogP contribution in [0.5, 0.6) is 5.75 Å². The lowest BCUT2D eigenvalue weighted by molar-refractivity contribution is 0.462. The molecule has 0 radical (unpaired) electrons. The van der Waals surface area contributed by atoms with Crippen LogP contribution in [0.4, 0.5) is 0 Å². The summed E-state index contributed by atoms with van der Waals surface area (Å²) in [6, 6.07) is 13.1. The number of imidazole rings is 1. The SMILES string of the molecule is C[C@@H]1CN[C@H](c2ncc(-c3ccc(-c4ccc(O)c5c4C4CCC5C4)cc3)[nH]2)C1. The van der Waals surface area contributed by atoms with Gasteiger partial charge in [0.25, 0.3) is 0 Å². The Kier molecular flexibility index (Phi) is 3.85. The lowest BCUT2D eigenvalue weighted by Gasteiger charge is -2.20. The molecule has 1 aliphatic heterocycles. The number of phenolic OH excluding ortho intramolecular Hbond substituents is 1. The van der Waals surface area contributed by atoms with Crippen molar-refractivity contribution in [3.8, 4) is 28.1 Å². The molecule has 2 aromatic carbocycles. The first kappa shape index (κ1) is 17.3. The Hall–Kier alpha value is -2.59. The highest BCUT2D eigenvalue weighted by Gasteiger charge is 2.40. The second kappa shape index (κ2) is 6.46. The topological polar surface area (TPSA) is 60.9 Å². The zero-order valence-electron chi connectivity index (χ0n) is 16.8. The number of benzene rings is 2. The van der Waals surface area contributed by atoms with E-state index in [4.69, 9.17) is 0 Å². The third-order valence-corrected chi connectivity index (χ3v) is 7.30. The maximum atomic E-state index is 10.4. The average Bonchev–Trinajstić information content (AvgIpc) is 3.52. The number of hydrogen-bond acceptors (Lipinski definition) is 3. The van der Waals surface area contributed by atoms with Gasteiger partial charge < -0.3 is 15.4 Å². The summed E-state index contributed by atoms with van der Waals surface area (Å²) in [6.45, 7) is 3.34. The van der Waals surface area contributed by atoms with E-state index < -0.39 is 0 Å². The molecule has 0 spiro atoms. The van der Waals surface area contributed by atoms with Gasteiger partial charge in [0.05, 0.1) is 17.9 Å². The molecule has 0 amide bonds. The van der Waals surface area contributed by atoms with E-state index in [1.807, 2.05) is 12.3 Å². The summed E-state index contributed by atoms with van der Waals surface area (Å²) < 4.78 is 0. The molecule has 2 aliphatic carbocycles. The standard InChI is InChI=1S/C25H27N3O/c1-14-10-20(26-12-14)25-27-13-21(28-25)16-4-2-15(3-5-16)19-8-9-22(29)24-18-7-6-17(11-18)23(19)24/h2-5,8-9,13-14,17-18,20,26,29H,6-7,10-12H2,1H3,(H,27,28)/t14-,17?,18?,20-/m0/s1. The molecule has 3 N–H and O–H groups in total. The molecule has 3 aromatic rings. The van der Waals surface area contributed by atoms with Crippen LogP contribution in [0.2, 0.25) is 0 Å². The molecule has 1 saturated carbocycles. The lowest BCUT2D eigenvalue weighted by atomic mass is 9.85. The number of aromatic amines is 1. The number of aromatic hydroxyl groups is 1. The molecule has 2 fully saturated rings. The Labute approximate surface area is 171 Å². The Morgan fingerprint density at radius 3 is 2.45 bits per heavy atom. The highest BCUT2D eigenvalue weighted by atomic mass is 16.3. The Morgan fingerprint density at radius 2 is 1.69 bits per heavy atom. The van der Waals surface area contributed by atoms with Crippen molar-refractivity contribution in [3.63, 3.8) is 0 Å². The molecule has 2 bridgehead atoms. The van der Waals surface area contributed by atoms with Crippen LogP contribution in [0.1, 0.15) is 67.4 Å². The Balaban J connectivity index is 1.31. The fraction of sp³-hybridized carbons (Fsp3) is 0.400. The minimum atomic E-state index is 0.341. The largest absolute Gasteiger partial charge is 0.508 e. The first-order chi connectivity index (χ1) is 14.2. The molecule has 6 rings (SSSR count). The van der Waals surface area contributed by atoms with Gasteiger partial charge in [-0.2, -0.15) is 0 Å². The molecule has 1 saturated heterocycles. The van der Waals surface area contributed by atoms with Gasteiger partial charge >= 0.3 is 0 Å². The van der Waals surface area contributed by atoms with E-state index >= 15 is 0 Å². The van der Waals surface area contributed by atoms with Crippen LogP contribution in [-0.4, -0.2) is 21.6 Å². The zero-order valence-corrected chi connectivity index (χ0v) is 16.8. The molecular formula is C25H27N3O. The van der Waals surface area contributed by atoms with Crippen molar-refractivity contribution in [3.05, 3.63) is 59.5 Å². The number of hydrogen-bond donors (Lipinski definition) is 3. The van der Waals surface area contributed by atoms with E-state index in [0.717, 1.165) is 30.0 Å². The van der Waals surface area contributed by atoms with Crippen LogP contribution in [0.3, 0.4) is 0 Å². The smallest absolute Gasteiger partial charge is 0.123 e. The number of fused-ring (bicyclic) bond motifs is 5. The van der Waals surface area contributed by atoms with E-state index in [0.29, 0.717) is 29.5 Å². The first-order valence-electron chi connectivity index (χ1n) is 10.9. The molecule has 4 nitrogen and oxygen atoms in total. The number of phenols is 1. The van der Waals surface area contributed by atoms with Crippen molar-refractivity contribution < 1.29 is 5.11 Å². The fourth-order valence-electron chi connectivity index (χ4n) is 5.86. The van der Waals surface area contributed by atoms with Crippen LogP contribution in [0.15, 0.2) is 42.6 Å². The van der Waals surface area contributed by atoms with E-state index in [2.05, 4.69) is 52.5 Å². The van der Waals surface area contributed by atoms with Gasteiger partial charge in [-0.05, 0) is 78.3 Å². The van der Waals surface area contributed by atoms with Crippen LogP contribution in [0.25, 0.3) is 22.4 Å². The maximum absolute atomic E-state index is 10.4. The van der Waals surface area contributed by atoms with Gasteiger partial charge in [-0.3, -0.25) is 0 Å². The summed E-state index contributed by atoms with van der Waals surface area (Å²) in [5, 5.41) is 14.0. The second-order valence-electron chi connectivity index (χ2n) is 9.23. The minimum Gasteiger partial charge on any atom is -0.508 e. The van der Waals surface area contributed by atoms with E-state index in [1.165, 1.54) is 41.5 Å². The molecule has 4 heteroatoms. The van der Waals surface area contributed by atoms with Gasteiger partial charge in [0, 0.05) is 5.56 Å². The van der Waals surface area contributed by atoms with Crippen LogP contribution < -0.4 is 5.32 Å². The summed E-state index contributed by atoms with van der Waals surface area (Å²) >= 11 is 0. The molecule has 2 heterocycles. The lowest BCUT2D eigenvalue weighted by Crippen LogP contribution is -2.14. The summed E-state index contributed by atoms with van der Waals surface area (Å²) in [6.07, 6.45) is 6.79. The summed E-state index contributed by atoms with van der Waals surface area (Å²) in [4.78, 5) is 8.14. The maximum Gasteiger partial charge on any atom is 0.123 e. The molecule has 1 aromatic heterocycles. The van der Waals surface area contributed by atoms with Crippen molar-refractivity contribution >= 4 is 0 Å². The minimum absolute atomic E-state index is 0.341. The van der Waals surface area contributed by atoms with Gasteiger partial charge in [-0.15, -0.1) is 0 Å². The van der Waals surface area contributed by atoms with Crippen molar-refractivity contribution in [1.82, 2.24) is 15.3 Å². The predicted octanol–water partition coefficient (Wildman–Crippen LogP) is 5.48. The molecular weight excluding hydrogens is 358 g/mol. The number of rotatable bonds is 3. The van der Waals surface area contributed by atoms with Crippen LogP contribution >= 0.6 is 0 Å². The Bertz CT molecular complexity index is 1070. The molecule has 4 atom stereocenters. The van der Waals surface area contributed by atoms with Crippen LogP contribution in [0, 0.1) is 5.92 Å². The van der Waals surface area contributed by atoms with Gasteiger partial charge in [-0.1, -0.05) is 37.3 Å².